The van der Waals surface area contributed by atoms with E-state index in [0.29, 0.717) is 18.0 Å². The fourth-order valence-corrected chi connectivity index (χ4v) is 4.93. The molecule has 3 rings (SSSR count). The third kappa shape index (κ3) is 2.18. The van der Waals surface area contributed by atoms with Crippen molar-refractivity contribution in [2.45, 2.75) is 44.6 Å². The number of hydrogen-bond donors (Lipinski definition) is 1. The lowest BCUT2D eigenvalue weighted by Gasteiger charge is -2.23. The zero-order valence-electron chi connectivity index (χ0n) is 12.3. The van der Waals surface area contributed by atoms with E-state index in [1.165, 1.54) is 4.31 Å². The van der Waals surface area contributed by atoms with Crippen LogP contribution in [-0.2, 0) is 10.0 Å². The molecule has 7 nitrogen and oxygen atoms in total. The van der Waals surface area contributed by atoms with Gasteiger partial charge in [0.1, 0.15) is 10.6 Å². The lowest BCUT2D eigenvalue weighted by Crippen LogP contribution is -2.31. The molecule has 1 N–H and O–H groups in total. The van der Waals surface area contributed by atoms with E-state index < -0.39 is 10.0 Å². The molecule has 1 saturated heterocycles. The van der Waals surface area contributed by atoms with Crippen molar-refractivity contribution in [3.05, 3.63) is 28.9 Å². The summed E-state index contributed by atoms with van der Waals surface area (Å²) in [5.74, 6) is 0.333. The highest BCUT2D eigenvalue weighted by molar-refractivity contribution is 7.89. The third-order valence-electron chi connectivity index (χ3n) is 3.94. The Labute approximate surface area is 123 Å². The van der Waals surface area contributed by atoms with E-state index in [9.17, 15) is 8.42 Å². The SMILES string of the molecule is Cc1cn[nH]c1[C@@H]1CCCN1S(=O)(=O)c1c(C)noc1C. The molecule has 0 radical (unpaired) electrons. The summed E-state index contributed by atoms with van der Waals surface area (Å²) in [6, 6.07) is -0.203. The molecule has 1 atom stereocenters. The minimum absolute atomic E-state index is 0.187. The van der Waals surface area contributed by atoms with Crippen LogP contribution in [0.1, 0.15) is 41.6 Å². The number of aromatic amines is 1. The zero-order chi connectivity index (χ0) is 15.2. The predicted octanol–water partition coefficient (Wildman–Crippen LogP) is 1.85. The minimum atomic E-state index is -3.62. The van der Waals surface area contributed by atoms with Crippen LogP contribution in [-0.4, -0.2) is 34.6 Å². The largest absolute Gasteiger partial charge is 0.360 e. The normalized spacial score (nSPS) is 20.2. The topological polar surface area (TPSA) is 92.1 Å². The van der Waals surface area contributed by atoms with Crippen molar-refractivity contribution in [3.8, 4) is 0 Å². The average molecular weight is 310 g/mol. The Morgan fingerprint density at radius 3 is 2.71 bits per heavy atom. The van der Waals surface area contributed by atoms with Crippen molar-refractivity contribution >= 4 is 10.0 Å². The second kappa shape index (κ2) is 4.96. The summed E-state index contributed by atoms with van der Waals surface area (Å²) in [6.07, 6.45) is 3.33. The van der Waals surface area contributed by atoms with Crippen LogP contribution in [0.15, 0.2) is 15.6 Å². The fraction of sp³-hybridized carbons (Fsp3) is 0.538. The van der Waals surface area contributed by atoms with E-state index in [4.69, 9.17) is 4.52 Å². The van der Waals surface area contributed by atoms with Gasteiger partial charge >= 0.3 is 0 Å². The van der Waals surface area contributed by atoms with Gasteiger partial charge in [0.15, 0.2) is 5.76 Å². The predicted molar refractivity (Wildman–Crippen MR) is 75.2 cm³/mol. The first-order valence-corrected chi connectivity index (χ1v) is 8.31. The summed E-state index contributed by atoms with van der Waals surface area (Å²) in [4.78, 5) is 0.187. The van der Waals surface area contributed by atoms with Crippen LogP contribution in [0.5, 0.6) is 0 Å². The number of rotatable bonds is 3. The first-order chi connectivity index (χ1) is 9.93. The molecule has 1 aliphatic rings. The number of nitrogens with one attached hydrogen (secondary N) is 1. The van der Waals surface area contributed by atoms with E-state index in [2.05, 4.69) is 15.4 Å². The van der Waals surface area contributed by atoms with E-state index in [1.54, 1.807) is 20.0 Å². The van der Waals surface area contributed by atoms with Crippen LogP contribution in [0.3, 0.4) is 0 Å². The molecular formula is C13H18N4O3S. The molecular weight excluding hydrogens is 292 g/mol. The molecule has 2 aromatic rings. The molecule has 21 heavy (non-hydrogen) atoms. The molecule has 3 heterocycles. The van der Waals surface area contributed by atoms with Gasteiger partial charge in [-0.25, -0.2) is 8.42 Å². The lowest BCUT2D eigenvalue weighted by molar-refractivity contribution is 0.380. The summed E-state index contributed by atoms with van der Waals surface area (Å²) in [5, 5.41) is 10.7. The Morgan fingerprint density at radius 1 is 1.38 bits per heavy atom. The molecule has 1 aliphatic heterocycles. The van der Waals surface area contributed by atoms with E-state index in [-0.39, 0.29) is 10.9 Å². The molecule has 0 spiro atoms. The van der Waals surface area contributed by atoms with Crippen LogP contribution < -0.4 is 0 Å². The molecule has 0 unspecified atom stereocenters. The van der Waals surface area contributed by atoms with Crippen molar-refractivity contribution in [2.24, 2.45) is 0 Å². The maximum atomic E-state index is 12.9. The number of sulfonamides is 1. The highest BCUT2D eigenvalue weighted by Gasteiger charge is 2.40. The molecule has 0 bridgehead atoms. The Morgan fingerprint density at radius 2 is 2.14 bits per heavy atom. The molecule has 0 aromatic carbocycles. The number of nitrogens with zero attached hydrogens (tertiary/aromatic N) is 3. The Hall–Kier alpha value is -1.67. The zero-order valence-corrected chi connectivity index (χ0v) is 13.1. The van der Waals surface area contributed by atoms with Gasteiger partial charge in [0.05, 0.1) is 17.9 Å². The second-order valence-electron chi connectivity index (χ2n) is 5.39. The van der Waals surface area contributed by atoms with Gasteiger partial charge in [0.25, 0.3) is 0 Å². The summed E-state index contributed by atoms with van der Waals surface area (Å²) >= 11 is 0. The van der Waals surface area contributed by atoms with Gasteiger partial charge in [0, 0.05) is 6.54 Å². The van der Waals surface area contributed by atoms with Crippen LogP contribution in [0.2, 0.25) is 0 Å². The van der Waals surface area contributed by atoms with Gasteiger partial charge in [0.2, 0.25) is 10.0 Å². The maximum absolute atomic E-state index is 12.9. The summed E-state index contributed by atoms with van der Waals surface area (Å²) in [5.41, 5.74) is 2.24. The van der Waals surface area contributed by atoms with Crippen LogP contribution in [0, 0.1) is 20.8 Å². The van der Waals surface area contributed by atoms with Crippen molar-refractivity contribution in [2.75, 3.05) is 6.54 Å². The molecule has 0 aliphatic carbocycles. The second-order valence-corrected chi connectivity index (χ2v) is 7.22. The Kier molecular flexibility index (Phi) is 3.37. The highest BCUT2D eigenvalue weighted by Crippen LogP contribution is 2.38. The molecule has 2 aromatic heterocycles. The minimum Gasteiger partial charge on any atom is -0.360 e. The third-order valence-corrected chi connectivity index (χ3v) is 6.09. The fourth-order valence-electron chi connectivity index (χ4n) is 2.97. The monoisotopic (exact) mass is 310 g/mol. The summed E-state index contributed by atoms with van der Waals surface area (Å²) in [6.45, 7) is 5.70. The number of aromatic nitrogens is 3. The van der Waals surface area contributed by atoms with Gasteiger partial charge < -0.3 is 4.52 Å². The molecule has 1 fully saturated rings. The summed E-state index contributed by atoms with van der Waals surface area (Å²) in [7, 11) is -3.62. The highest BCUT2D eigenvalue weighted by atomic mass is 32.2. The Bertz CT molecular complexity index is 743. The van der Waals surface area contributed by atoms with Crippen molar-refractivity contribution in [1.82, 2.24) is 19.7 Å². The van der Waals surface area contributed by atoms with E-state index in [0.717, 1.165) is 24.1 Å². The number of aryl methyl sites for hydroxylation is 3. The average Bonchev–Trinajstić information content (AvgIpc) is 3.09. The van der Waals surface area contributed by atoms with Crippen molar-refractivity contribution < 1.29 is 12.9 Å². The van der Waals surface area contributed by atoms with Crippen molar-refractivity contribution in [3.63, 3.8) is 0 Å². The quantitative estimate of drug-likeness (QED) is 0.934. The van der Waals surface area contributed by atoms with Crippen LogP contribution >= 0.6 is 0 Å². The number of hydrogen-bond acceptors (Lipinski definition) is 5. The van der Waals surface area contributed by atoms with Crippen molar-refractivity contribution in [1.29, 1.82) is 0 Å². The molecule has 114 valence electrons. The van der Waals surface area contributed by atoms with E-state index >= 15 is 0 Å². The lowest BCUT2D eigenvalue weighted by atomic mass is 10.1. The number of H-pyrrole nitrogens is 1. The molecule has 8 heteroatoms. The van der Waals surface area contributed by atoms with Gasteiger partial charge in [-0.2, -0.15) is 9.40 Å². The standard InChI is InChI=1S/C13H18N4O3S/c1-8-7-14-15-12(8)11-5-4-6-17(11)21(18,19)13-9(2)16-20-10(13)3/h7,11H,4-6H2,1-3H3,(H,14,15)/t11-/m0/s1. The van der Waals surface area contributed by atoms with E-state index in [1.807, 2.05) is 6.92 Å². The molecule has 0 amide bonds. The van der Waals surface area contributed by atoms with Gasteiger partial charge in [-0.15, -0.1) is 0 Å². The maximum Gasteiger partial charge on any atom is 0.249 e. The van der Waals surface area contributed by atoms with Crippen LogP contribution in [0.25, 0.3) is 0 Å². The molecule has 0 saturated carbocycles. The summed E-state index contributed by atoms with van der Waals surface area (Å²) < 4.78 is 32.4. The van der Waals surface area contributed by atoms with Gasteiger partial charge in [-0.3, -0.25) is 5.10 Å². The van der Waals surface area contributed by atoms with Gasteiger partial charge in [-0.05, 0) is 39.2 Å². The van der Waals surface area contributed by atoms with Crippen LogP contribution in [0.4, 0.5) is 0 Å². The first kappa shape index (κ1) is 14.3. The Balaban J connectivity index is 2.05. The van der Waals surface area contributed by atoms with Gasteiger partial charge in [-0.1, -0.05) is 5.16 Å². The smallest absolute Gasteiger partial charge is 0.249 e. The first-order valence-electron chi connectivity index (χ1n) is 6.87.